The lowest BCUT2D eigenvalue weighted by Crippen LogP contribution is -2.41. The predicted molar refractivity (Wildman–Crippen MR) is 100 cm³/mol. The molecule has 0 fully saturated rings. The monoisotopic (exact) mass is 351 g/mol. The third-order valence-corrected chi connectivity index (χ3v) is 3.30. The van der Waals surface area contributed by atoms with E-state index in [1.54, 1.807) is 7.05 Å². The van der Waals surface area contributed by atoms with Gasteiger partial charge in [0.25, 0.3) is 0 Å². The molecule has 2 unspecified atom stereocenters. The zero-order chi connectivity index (χ0) is 19.5. The Morgan fingerprint density at radius 3 is 2.12 bits per heavy atom. The minimum atomic E-state index is -0.929. The molecule has 0 aliphatic carbocycles. The number of esters is 2. The Bertz CT molecular complexity index is 508. The highest BCUT2D eigenvalue weighted by atomic mass is 16.6. The van der Waals surface area contributed by atoms with E-state index in [2.05, 4.69) is 5.32 Å². The first kappa shape index (κ1) is 23.1. The molecule has 1 rings (SSSR count). The second-order valence-electron chi connectivity index (χ2n) is 6.78. The minimum absolute atomic E-state index is 0.0241. The largest absolute Gasteiger partial charge is 0.458 e. The molecule has 0 aromatic heterocycles. The number of rotatable bonds is 7. The van der Waals surface area contributed by atoms with Gasteiger partial charge >= 0.3 is 11.9 Å². The van der Waals surface area contributed by atoms with E-state index in [-0.39, 0.29) is 12.0 Å². The maximum atomic E-state index is 12.1. The van der Waals surface area contributed by atoms with Gasteiger partial charge in [-0.2, -0.15) is 0 Å². The van der Waals surface area contributed by atoms with Crippen LogP contribution in [0.25, 0.3) is 0 Å². The number of hydrogen-bond acceptors (Lipinski definition) is 5. The minimum Gasteiger partial charge on any atom is -0.458 e. The molecule has 142 valence electrons. The first-order valence-corrected chi connectivity index (χ1v) is 8.81. The van der Waals surface area contributed by atoms with Gasteiger partial charge in [0.15, 0.2) is 6.10 Å². The molecule has 5 nitrogen and oxygen atoms in total. The fourth-order valence-electron chi connectivity index (χ4n) is 2.07. The summed E-state index contributed by atoms with van der Waals surface area (Å²) in [6.45, 7) is 11.8. The van der Waals surface area contributed by atoms with Crippen LogP contribution in [0, 0.1) is 5.41 Å². The van der Waals surface area contributed by atoms with E-state index < -0.39 is 24.1 Å². The quantitative estimate of drug-likeness (QED) is 0.759. The van der Waals surface area contributed by atoms with Gasteiger partial charge in [0.2, 0.25) is 0 Å². The van der Waals surface area contributed by atoms with Crippen molar-refractivity contribution >= 4 is 11.9 Å². The summed E-state index contributed by atoms with van der Waals surface area (Å²) in [5, 5.41) is 2.93. The van der Waals surface area contributed by atoms with Crippen molar-refractivity contribution in [2.45, 2.75) is 66.7 Å². The fourth-order valence-corrected chi connectivity index (χ4v) is 2.07. The van der Waals surface area contributed by atoms with Crippen molar-refractivity contribution in [3.63, 3.8) is 0 Å². The number of carbonyl (C=O) groups is 2. The number of benzene rings is 1. The summed E-state index contributed by atoms with van der Waals surface area (Å²) in [6.07, 6.45) is -0.310. The number of ether oxygens (including phenoxy) is 2. The van der Waals surface area contributed by atoms with Crippen molar-refractivity contribution in [3.05, 3.63) is 35.9 Å². The molecule has 25 heavy (non-hydrogen) atoms. The highest BCUT2D eigenvalue weighted by Crippen LogP contribution is 2.21. The summed E-state index contributed by atoms with van der Waals surface area (Å²) < 4.78 is 10.4. The maximum absolute atomic E-state index is 12.1. The molecule has 1 aromatic carbocycles. The topological polar surface area (TPSA) is 64.6 Å². The number of nitrogens with one attached hydrogen (secondary N) is 1. The molecule has 1 aromatic rings. The average molecular weight is 351 g/mol. The van der Waals surface area contributed by atoms with E-state index in [0.29, 0.717) is 6.42 Å². The standard InChI is InChI=1S/C18H27NO4.C2H6/c1-13(16(20)22-12-14-9-7-6-8-10-14)23-17(21)15(19-5)11-18(2,3)4;1-2/h6-10,13,15,19H,11-12H2,1-5H3;1-2H3. The molecule has 2 atom stereocenters. The van der Waals surface area contributed by atoms with Crippen molar-refractivity contribution in [3.8, 4) is 0 Å². The van der Waals surface area contributed by atoms with Gasteiger partial charge in [0.05, 0.1) is 0 Å². The SMILES string of the molecule is CC.CNC(CC(C)(C)C)C(=O)OC(C)C(=O)OCc1ccccc1. The van der Waals surface area contributed by atoms with Crippen molar-refractivity contribution < 1.29 is 19.1 Å². The summed E-state index contributed by atoms with van der Waals surface area (Å²) >= 11 is 0. The van der Waals surface area contributed by atoms with Crippen LogP contribution in [0.4, 0.5) is 0 Å². The van der Waals surface area contributed by atoms with Gasteiger partial charge in [-0.05, 0) is 31.4 Å². The molecule has 0 saturated heterocycles. The van der Waals surface area contributed by atoms with Crippen LogP contribution in [0.15, 0.2) is 30.3 Å². The van der Waals surface area contributed by atoms with Crippen LogP contribution in [0.3, 0.4) is 0 Å². The van der Waals surface area contributed by atoms with Crippen molar-refractivity contribution in [2.24, 2.45) is 5.41 Å². The van der Waals surface area contributed by atoms with E-state index in [4.69, 9.17) is 9.47 Å². The zero-order valence-corrected chi connectivity index (χ0v) is 16.6. The van der Waals surface area contributed by atoms with E-state index in [1.165, 1.54) is 6.92 Å². The predicted octanol–water partition coefficient (Wildman–Crippen LogP) is 3.71. The van der Waals surface area contributed by atoms with Crippen LogP contribution in [-0.4, -0.2) is 31.1 Å². The van der Waals surface area contributed by atoms with Crippen LogP contribution in [-0.2, 0) is 25.7 Å². The van der Waals surface area contributed by atoms with Crippen LogP contribution in [0.1, 0.15) is 53.5 Å². The number of hydrogen-bond donors (Lipinski definition) is 1. The molecule has 5 heteroatoms. The van der Waals surface area contributed by atoms with Crippen LogP contribution in [0.5, 0.6) is 0 Å². The summed E-state index contributed by atoms with van der Waals surface area (Å²) in [5.41, 5.74) is 0.865. The van der Waals surface area contributed by atoms with E-state index in [0.717, 1.165) is 5.56 Å². The van der Waals surface area contributed by atoms with Crippen LogP contribution < -0.4 is 5.32 Å². The Labute approximate surface area is 152 Å². The van der Waals surface area contributed by atoms with Crippen LogP contribution >= 0.6 is 0 Å². The lowest BCUT2D eigenvalue weighted by molar-refractivity contribution is -0.169. The molecule has 0 aliphatic heterocycles. The third-order valence-electron chi connectivity index (χ3n) is 3.30. The van der Waals surface area contributed by atoms with E-state index in [1.807, 2.05) is 65.0 Å². The van der Waals surface area contributed by atoms with Gasteiger partial charge in [0.1, 0.15) is 12.6 Å². The van der Waals surface area contributed by atoms with Gasteiger partial charge in [-0.25, -0.2) is 4.79 Å². The Morgan fingerprint density at radius 1 is 1.08 bits per heavy atom. The van der Waals surface area contributed by atoms with Crippen molar-refractivity contribution in [1.29, 1.82) is 0 Å². The van der Waals surface area contributed by atoms with Gasteiger partial charge < -0.3 is 14.8 Å². The van der Waals surface area contributed by atoms with Crippen LogP contribution in [0.2, 0.25) is 0 Å². The normalized spacial score (nSPS) is 13.1. The van der Waals surface area contributed by atoms with Crippen molar-refractivity contribution in [1.82, 2.24) is 5.32 Å². The van der Waals surface area contributed by atoms with E-state index in [9.17, 15) is 9.59 Å². The lowest BCUT2D eigenvalue weighted by atomic mass is 9.88. The lowest BCUT2D eigenvalue weighted by Gasteiger charge is -2.25. The summed E-state index contributed by atoms with van der Waals surface area (Å²) in [6, 6.07) is 8.92. The summed E-state index contributed by atoms with van der Waals surface area (Å²) in [4.78, 5) is 24.1. The number of carbonyl (C=O) groups excluding carboxylic acids is 2. The molecule has 0 saturated carbocycles. The Hall–Kier alpha value is -1.88. The second-order valence-corrected chi connectivity index (χ2v) is 6.78. The molecule has 0 aliphatic rings. The van der Waals surface area contributed by atoms with Gasteiger partial charge in [0, 0.05) is 0 Å². The molecule has 0 bridgehead atoms. The molecule has 0 radical (unpaired) electrons. The van der Waals surface area contributed by atoms with Crippen molar-refractivity contribution in [2.75, 3.05) is 7.05 Å². The first-order chi connectivity index (χ1) is 11.7. The molecular weight excluding hydrogens is 318 g/mol. The van der Waals surface area contributed by atoms with Gasteiger partial charge in [-0.1, -0.05) is 65.0 Å². The average Bonchev–Trinajstić information content (AvgIpc) is 2.59. The van der Waals surface area contributed by atoms with E-state index >= 15 is 0 Å². The Morgan fingerprint density at radius 2 is 1.64 bits per heavy atom. The van der Waals surface area contributed by atoms with Gasteiger partial charge in [-0.15, -0.1) is 0 Å². The Balaban J connectivity index is 0.00000277. The molecule has 0 amide bonds. The smallest absolute Gasteiger partial charge is 0.347 e. The summed E-state index contributed by atoms with van der Waals surface area (Å²) in [7, 11) is 1.70. The third kappa shape index (κ3) is 9.87. The zero-order valence-electron chi connectivity index (χ0n) is 16.6. The molecule has 0 spiro atoms. The molecule has 0 heterocycles. The molecular formula is C20H33NO4. The molecule has 1 N–H and O–H groups in total. The van der Waals surface area contributed by atoms with Gasteiger partial charge in [-0.3, -0.25) is 4.79 Å². The number of likely N-dealkylation sites (N-methyl/N-ethyl adjacent to an activating group) is 1. The first-order valence-electron chi connectivity index (χ1n) is 8.81. The highest BCUT2D eigenvalue weighted by Gasteiger charge is 2.28. The second kappa shape index (κ2) is 11.6. The highest BCUT2D eigenvalue weighted by molar-refractivity contribution is 5.81. The summed E-state index contributed by atoms with van der Waals surface area (Å²) in [5.74, 6) is -0.987. The maximum Gasteiger partial charge on any atom is 0.347 e. The fraction of sp³-hybridized carbons (Fsp3) is 0.600. The Kier molecular flexibility index (Phi) is 10.8.